The summed E-state index contributed by atoms with van der Waals surface area (Å²) in [6.45, 7) is 0. The molecule has 0 saturated heterocycles. The molecule has 10 heavy (non-hydrogen) atoms. The molecule has 0 spiro atoms. The van der Waals surface area contributed by atoms with Gasteiger partial charge < -0.3 is 0 Å². The van der Waals surface area contributed by atoms with E-state index < -0.39 is 21.8 Å². The Labute approximate surface area is 66.6 Å². The molecule has 0 rings (SSSR count). The summed E-state index contributed by atoms with van der Waals surface area (Å²) in [5, 5.41) is 0. The maximum absolute atomic E-state index is 8.74. The molecule has 0 aliphatic carbocycles. The van der Waals surface area contributed by atoms with E-state index in [0.717, 1.165) is 0 Å². The lowest BCUT2D eigenvalue weighted by Gasteiger charge is -1.68. The molecule has 10 heteroatoms. The molecule has 0 aromatic rings. The molecule has 0 aliphatic heterocycles. The second kappa shape index (κ2) is 7.40. The Morgan fingerprint density at radius 3 is 1.10 bits per heavy atom. The average Bonchev–Trinajstić information content (AvgIpc) is 1.19. The van der Waals surface area contributed by atoms with Gasteiger partial charge in [0, 0.05) is 13.5 Å². The topological polar surface area (TPSA) is 132 Å². The monoisotopic (exact) mass is 212 g/mol. The third-order valence-corrected chi connectivity index (χ3v) is 0. The molecule has 0 aliphatic rings. The van der Waals surface area contributed by atoms with Crippen LogP contribution in [0.15, 0.2) is 0 Å². The van der Waals surface area contributed by atoms with E-state index in [2.05, 4.69) is 0 Å². The highest BCUT2D eigenvalue weighted by Crippen LogP contribution is 1.59. The molecule has 0 aromatic heterocycles. The van der Waals surface area contributed by atoms with Gasteiger partial charge in [0.25, 0.3) is 11.4 Å². The summed E-state index contributed by atoms with van der Waals surface area (Å²) in [6, 6.07) is 0. The zero-order chi connectivity index (χ0) is 8.08. The van der Waals surface area contributed by atoms with Crippen LogP contribution in [0.4, 0.5) is 0 Å². The predicted molar refractivity (Wildman–Crippen MR) is 35.2 cm³/mol. The quantitative estimate of drug-likeness (QED) is 0.319. The predicted octanol–water partition coefficient (Wildman–Crippen LogP) is -0.323. The van der Waals surface area contributed by atoms with Crippen LogP contribution in [-0.2, 0) is 21.8 Å². The van der Waals surface area contributed by atoms with E-state index in [0.29, 0.717) is 0 Å². The normalized spacial score (nSPS) is 9.30. The minimum Gasteiger partial charge on any atom is -0.284 e. The van der Waals surface area contributed by atoms with E-state index in [-0.39, 0.29) is 13.5 Å². The van der Waals surface area contributed by atoms with Crippen molar-refractivity contribution in [3.05, 3.63) is 0 Å². The Balaban J connectivity index is -0.0000000910. The molecule has 0 atom stereocenters. The summed E-state index contributed by atoms with van der Waals surface area (Å²) < 4.78 is 54.4. The van der Waals surface area contributed by atoms with Gasteiger partial charge in [-0.2, -0.15) is 12.6 Å². The maximum Gasteiger partial charge on any atom is 0.394 e. The number of hydrogen-bond acceptors (Lipinski definition) is 3. The smallest absolute Gasteiger partial charge is 0.284 e. The second-order valence-electron chi connectivity index (χ2n) is 0.679. The van der Waals surface area contributed by atoms with Crippen molar-refractivity contribution in [1.82, 2.24) is 0 Å². The Morgan fingerprint density at radius 2 is 1.10 bits per heavy atom. The van der Waals surface area contributed by atoms with Gasteiger partial charge in [-0.1, -0.05) is 0 Å². The summed E-state index contributed by atoms with van der Waals surface area (Å²) in [5.41, 5.74) is 0. The van der Waals surface area contributed by atoms with Crippen LogP contribution in [0.25, 0.3) is 0 Å². The van der Waals surface area contributed by atoms with E-state index in [1.54, 1.807) is 0 Å². The van der Waals surface area contributed by atoms with Crippen molar-refractivity contribution in [3.63, 3.8) is 0 Å². The summed E-state index contributed by atoms with van der Waals surface area (Å²) in [7, 11) is -4.67. The maximum atomic E-state index is 8.74. The van der Waals surface area contributed by atoms with Crippen LogP contribution in [0.3, 0.4) is 0 Å². The van der Waals surface area contributed by atoms with Crippen LogP contribution < -0.4 is 0 Å². The molecule has 2 radical (unpaired) electrons. The van der Waals surface area contributed by atoms with Crippen molar-refractivity contribution in [1.29, 1.82) is 0 Å². The third kappa shape index (κ3) is 5240. The molecular weight excluding hydrogens is 208 g/mol. The molecule has 0 unspecified atom stereocenters. The van der Waals surface area contributed by atoms with Gasteiger partial charge in [0.15, 0.2) is 0 Å². The van der Waals surface area contributed by atoms with E-state index in [4.69, 9.17) is 30.8 Å². The Bertz CT molecular complexity index is 151. The van der Waals surface area contributed by atoms with Gasteiger partial charge in [-0.05, 0) is 0 Å². The van der Waals surface area contributed by atoms with Crippen LogP contribution >= 0.6 is 13.5 Å². The van der Waals surface area contributed by atoms with Crippen molar-refractivity contribution in [2.75, 3.05) is 0 Å². The van der Waals surface area contributed by atoms with Crippen molar-refractivity contribution >= 4 is 35.3 Å². The SMILES string of the molecule is O=S(=O)(O)O.O=S(O)O.[S]. The average molecular weight is 212 g/mol. The fourth-order valence-corrected chi connectivity index (χ4v) is 0. The lowest BCUT2D eigenvalue weighted by Crippen LogP contribution is -1.89. The molecule has 0 heterocycles. The van der Waals surface area contributed by atoms with Crippen molar-refractivity contribution < 1.29 is 30.8 Å². The number of hydrogen-bond donors (Lipinski definition) is 4. The Hall–Kier alpha value is 0.290. The first-order chi connectivity index (χ1) is 3.73. The minimum atomic E-state index is -4.67. The Morgan fingerprint density at radius 1 is 1.10 bits per heavy atom. The van der Waals surface area contributed by atoms with Crippen LogP contribution in [0.2, 0.25) is 0 Å². The fourth-order valence-electron chi connectivity index (χ4n) is 0. The lowest BCUT2D eigenvalue weighted by atomic mass is 15.8. The summed E-state index contributed by atoms with van der Waals surface area (Å²) >= 11 is -2.61. The molecule has 0 amide bonds. The van der Waals surface area contributed by atoms with Crippen molar-refractivity contribution in [2.45, 2.75) is 0 Å². The van der Waals surface area contributed by atoms with E-state index in [9.17, 15) is 0 Å². The summed E-state index contributed by atoms with van der Waals surface area (Å²) in [6.07, 6.45) is 0. The highest BCUT2D eigenvalue weighted by atomic mass is 32.3. The van der Waals surface area contributed by atoms with Gasteiger partial charge in [-0.15, -0.1) is 0 Å². The first-order valence-electron chi connectivity index (χ1n) is 1.23. The lowest BCUT2D eigenvalue weighted by molar-refractivity contribution is 0.381. The Kier molecular flexibility index (Phi) is 12.4. The first kappa shape index (κ1) is 16.7. The molecule has 0 fully saturated rings. The minimum absolute atomic E-state index is 0. The second-order valence-corrected chi connectivity index (χ2v) is 2.04. The standard InChI is InChI=1S/H2O4S.H2O3S.S/c1-5(2,3)4;1-4(2)3;/h(H2,1,2,3,4);(H2,1,2,3);. The van der Waals surface area contributed by atoms with Crippen LogP contribution in [-0.4, -0.2) is 30.8 Å². The number of rotatable bonds is 0. The van der Waals surface area contributed by atoms with Gasteiger partial charge in [0.05, 0.1) is 0 Å². The van der Waals surface area contributed by atoms with Gasteiger partial charge in [-0.3, -0.25) is 18.2 Å². The fraction of sp³-hybridized carbons (Fsp3) is 0. The molecule has 0 saturated carbocycles. The largest absolute Gasteiger partial charge is 0.394 e. The van der Waals surface area contributed by atoms with E-state index >= 15 is 0 Å². The molecule has 4 N–H and O–H groups in total. The molecule has 0 bridgehead atoms. The van der Waals surface area contributed by atoms with Crippen molar-refractivity contribution in [3.8, 4) is 0 Å². The summed E-state index contributed by atoms with van der Waals surface area (Å²) in [5.74, 6) is 0. The molecular formula is H4O7S3. The highest BCUT2D eigenvalue weighted by molar-refractivity contribution is 7.79. The first-order valence-corrected chi connectivity index (χ1v) is 3.69. The van der Waals surface area contributed by atoms with Gasteiger partial charge >= 0.3 is 10.4 Å². The molecule has 64 valence electrons. The molecule has 7 nitrogen and oxygen atoms in total. The van der Waals surface area contributed by atoms with Gasteiger partial charge in [0.1, 0.15) is 0 Å². The van der Waals surface area contributed by atoms with Crippen LogP contribution in [0.5, 0.6) is 0 Å². The van der Waals surface area contributed by atoms with E-state index in [1.807, 2.05) is 0 Å². The van der Waals surface area contributed by atoms with Crippen LogP contribution in [0.1, 0.15) is 0 Å². The zero-order valence-electron chi connectivity index (χ0n) is 4.24. The van der Waals surface area contributed by atoms with Gasteiger partial charge in [-0.25, -0.2) is 0 Å². The van der Waals surface area contributed by atoms with Crippen molar-refractivity contribution in [2.24, 2.45) is 0 Å². The third-order valence-electron chi connectivity index (χ3n) is 0. The van der Waals surface area contributed by atoms with Gasteiger partial charge in [0.2, 0.25) is 0 Å². The highest BCUT2D eigenvalue weighted by Gasteiger charge is 1.84. The zero-order valence-corrected chi connectivity index (χ0v) is 6.69. The van der Waals surface area contributed by atoms with E-state index in [1.165, 1.54) is 0 Å². The van der Waals surface area contributed by atoms with Crippen LogP contribution in [0, 0.1) is 0 Å². The summed E-state index contributed by atoms with van der Waals surface area (Å²) in [4.78, 5) is 0. The molecule has 0 aromatic carbocycles.